The maximum Gasteiger partial charge on any atom is 0.124 e. The number of fused-ring (bicyclic) bond motifs is 1. The summed E-state index contributed by atoms with van der Waals surface area (Å²) in [5.74, 6) is 0.843. The molecule has 0 aliphatic carbocycles. The quantitative estimate of drug-likeness (QED) is 0.261. The number of halogens is 1. The Morgan fingerprint density at radius 1 is 0.879 bits per heavy atom. The molecule has 1 heterocycles. The number of ether oxygens (including phenoxy) is 1. The molecular weight excluding hydrogens is 448 g/mol. The lowest BCUT2D eigenvalue weighted by molar-refractivity contribution is 0.306. The number of aromatic nitrogens is 1. The van der Waals surface area contributed by atoms with Crippen LogP contribution in [0.2, 0.25) is 5.02 Å². The number of rotatable bonds is 7. The lowest BCUT2D eigenvalue weighted by Crippen LogP contribution is -2.00. The molecule has 0 aliphatic rings. The molecule has 3 nitrogen and oxygen atoms in total. The number of benzene rings is 4. The SMILES string of the molecule is Cc1ccc2nc(-c3ccc(NCc4cccc(OCc5cccc(Cl)c5)c4)cc3)sc2c1. The third-order valence-electron chi connectivity index (χ3n) is 5.37. The van der Waals surface area contributed by atoms with E-state index >= 15 is 0 Å². The van der Waals surface area contributed by atoms with E-state index in [1.54, 1.807) is 11.3 Å². The van der Waals surface area contributed by atoms with Crippen molar-refractivity contribution in [3.05, 3.63) is 113 Å². The van der Waals surface area contributed by atoms with Gasteiger partial charge < -0.3 is 10.1 Å². The molecule has 0 saturated heterocycles. The Bertz CT molecular complexity index is 1390. The van der Waals surface area contributed by atoms with Gasteiger partial charge in [0.2, 0.25) is 0 Å². The van der Waals surface area contributed by atoms with E-state index in [2.05, 4.69) is 66.8 Å². The second-order valence-corrected chi connectivity index (χ2v) is 9.45. The molecule has 0 radical (unpaired) electrons. The number of anilines is 1. The fraction of sp³-hybridized carbons (Fsp3) is 0.107. The van der Waals surface area contributed by atoms with E-state index in [0.29, 0.717) is 13.2 Å². The van der Waals surface area contributed by atoms with Gasteiger partial charge in [-0.2, -0.15) is 0 Å². The zero-order valence-corrected chi connectivity index (χ0v) is 19.8. The summed E-state index contributed by atoms with van der Waals surface area (Å²) in [5.41, 5.74) is 6.73. The molecule has 0 spiro atoms. The first-order valence-corrected chi connectivity index (χ1v) is 12.0. The summed E-state index contributed by atoms with van der Waals surface area (Å²) in [6.07, 6.45) is 0. The summed E-state index contributed by atoms with van der Waals surface area (Å²) >= 11 is 7.79. The second-order valence-electron chi connectivity index (χ2n) is 7.99. The van der Waals surface area contributed by atoms with E-state index < -0.39 is 0 Å². The molecule has 0 saturated carbocycles. The van der Waals surface area contributed by atoms with Crippen molar-refractivity contribution >= 4 is 38.8 Å². The summed E-state index contributed by atoms with van der Waals surface area (Å²) in [4.78, 5) is 4.78. The van der Waals surface area contributed by atoms with Crippen LogP contribution in [-0.4, -0.2) is 4.98 Å². The largest absolute Gasteiger partial charge is 0.489 e. The highest BCUT2D eigenvalue weighted by Crippen LogP contribution is 2.31. The molecule has 5 aromatic rings. The predicted octanol–water partition coefficient (Wildman–Crippen LogP) is 8.12. The average Bonchev–Trinajstić information content (AvgIpc) is 3.25. The molecule has 0 aliphatic heterocycles. The smallest absolute Gasteiger partial charge is 0.124 e. The van der Waals surface area contributed by atoms with Crippen LogP contribution in [0.4, 0.5) is 5.69 Å². The van der Waals surface area contributed by atoms with Crippen LogP contribution >= 0.6 is 22.9 Å². The van der Waals surface area contributed by atoms with E-state index in [-0.39, 0.29) is 0 Å². The molecule has 0 amide bonds. The standard InChI is InChI=1S/C28H23ClN2OS/c1-19-8-13-26-27(14-19)33-28(31-26)22-9-11-24(12-10-22)30-17-20-4-3-7-25(16-20)32-18-21-5-2-6-23(29)15-21/h2-16,30H,17-18H2,1H3. The van der Waals surface area contributed by atoms with Gasteiger partial charge in [-0.1, -0.05) is 41.9 Å². The minimum absolute atomic E-state index is 0.490. The van der Waals surface area contributed by atoms with E-state index in [1.807, 2.05) is 36.4 Å². The van der Waals surface area contributed by atoms with Crippen molar-refractivity contribution in [2.45, 2.75) is 20.1 Å². The van der Waals surface area contributed by atoms with Crippen molar-refractivity contribution in [3.8, 4) is 16.3 Å². The Kier molecular flexibility index (Phi) is 6.29. The van der Waals surface area contributed by atoms with E-state index in [4.69, 9.17) is 21.3 Å². The van der Waals surface area contributed by atoms with Gasteiger partial charge in [0.25, 0.3) is 0 Å². The van der Waals surface area contributed by atoms with Gasteiger partial charge in [0.1, 0.15) is 17.4 Å². The van der Waals surface area contributed by atoms with Crippen molar-refractivity contribution in [1.29, 1.82) is 0 Å². The predicted molar refractivity (Wildman–Crippen MR) is 139 cm³/mol. The number of thiazole rings is 1. The van der Waals surface area contributed by atoms with E-state index in [9.17, 15) is 0 Å². The zero-order valence-electron chi connectivity index (χ0n) is 18.2. The lowest BCUT2D eigenvalue weighted by atomic mass is 10.2. The van der Waals surface area contributed by atoms with Gasteiger partial charge in [-0.15, -0.1) is 11.3 Å². The molecule has 5 rings (SSSR count). The summed E-state index contributed by atoms with van der Waals surface area (Å²) in [5, 5.41) is 5.26. The van der Waals surface area contributed by atoms with Crippen molar-refractivity contribution < 1.29 is 4.74 Å². The zero-order chi connectivity index (χ0) is 22.6. The summed E-state index contributed by atoms with van der Waals surface area (Å²) < 4.78 is 7.17. The fourth-order valence-corrected chi connectivity index (χ4v) is 4.91. The van der Waals surface area contributed by atoms with Crippen molar-refractivity contribution in [1.82, 2.24) is 4.98 Å². The molecule has 33 heavy (non-hydrogen) atoms. The van der Waals surface area contributed by atoms with Crippen LogP contribution in [0, 0.1) is 6.92 Å². The Balaban J connectivity index is 1.21. The highest BCUT2D eigenvalue weighted by Gasteiger charge is 2.07. The van der Waals surface area contributed by atoms with Crippen LogP contribution < -0.4 is 10.1 Å². The van der Waals surface area contributed by atoms with Crippen molar-refractivity contribution in [2.24, 2.45) is 0 Å². The minimum atomic E-state index is 0.490. The number of nitrogens with one attached hydrogen (secondary N) is 1. The fourth-order valence-electron chi connectivity index (χ4n) is 3.63. The van der Waals surface area contributed by atoms with Crippen LogP contribution in [0.15, 0.2) is 91.0 Å². The molecule has 0 fully saturated rings. The summed E-state index contributed by atoms with van der Waals surface area (Å²) in [6.45, 7) is 3.32. The highest BCUT2D eigenvalue weighted by atomic mass is 35.5. The highest BCUT2D eigenvalue weighted by molar-refractivity contribution is 7.21. The van der Waals surface area contributed by atoms with Gasteiger partial charge in [-0.25, -0.2) is 4.98 Å². The Hall–Kier alpha value is -3.34. The molecule has 1 aromatic heterocycles. The van der Waals surface area contributed by atoms with Gasteiger partial charge in [-0.3, -0.25) is 0 Å². The van der Waals surface area contributed by atoms with Crippen LogP contribution in [0.3, 0.4) is 0 Å². The van der Waals surface area contributed by atoms with Crippen LogP contribution in [0.5, 0.6) is 5.75 Å². The third kappa shape index (κ3) is 5.36. The molecule has 5 heteroatoms. The number of nitrogens with zero attached hydrogens (tertiary/aromatic N) is 1. The van der Waals surface area contributed by atoms with E-state index in [0.717, 1.165) is 43.7 Å². The second kappa shape index (κ2) is 9.65. The molecule has 0 unspecified atom stereocenters. The molecule has 0 atom stereocenters. The van der Waals surface area contributed by atoms with Gasteiger partial charge in [-0.05, 0) is 84.3 Å². The van der Waals surface area contributed by atoms with Gasteiger partial charge in [0.05, 0.1) is 10.2 Å². The maximum absolute atomic E-state index is 6.05. The minimum Gasteiger partial charge on any atom is -0.489 e. The summed E-state index contributed by atoms with van der Waals surface area (Å²) in [6, 6.07) is 30.7. The van der Waals surface area contributed by atoms with Gasteiger partial charge >= 0.3 is 0 Å². The van der Waals surface area contributed by atoms with Crippen molar-refractivity contribution in [2.75, 3.05) is 5.32 Å². The first-order chi connectivity index (χ1) is 16.1. The molecule has 0 bridgehead atoms. The Morgan fingerprint density at radius 2 is 1.70 bits per heavy atom. The molecule has 4 aromatic carbocycles. The maximum atomic E-state index is 6.05. The number of hydrogen-bond donors (Lipinski definition) is 1. The average molecular weight is 471 g/mol. The lowest BCUT2D eigenvalue weighted by Gasteiger charge is -2.10. The first kappa shape index (κ1) is 21.5. The first-order valence-electron chi connectivity index (χ1n) is 10.8. The number of hydrogen-bond acceptors (Lipinski definition) is 4. The monoisotopic (exact) mass is 470 g/mol. The third-order valence-corrected chi connectivity index (χ3v) is 6.67. The molecule has 164 valence electrons. The topological polar surface area (TPSA) is 34.2 Å². The van der Waals surface area contributed by atoms with Crippen LogP contribution in [-0.2, 0) is 13.2 Å². The van der Waals surface area contributed by atoms with Gasteiger partial charge in [0.15, 0.2) is 0 Å². The molecular formula is C28H23ClN2OS. The normalized spacial score (nSPS) is 11.0. The van der Waals surface area contributed by atoms with Crippen molar-refractivity contribution in [3.63, 3.8) is 0 Å². The number of aryl methyl sites for hydroxylation is 1. The van der Waals surface area contributed by atoms with E-state index in [1.165, 1.54) is 10.3 Å². The molecule has 1 N–H and O–H groups in total. The van der Waals surface area contributed by atoms with Gasteiger partial charge in [0, 0.05) is 22.8 Å². The van der Waals surface area contributed by atoms with Crippen LogP contribution in [0.1, 0.15) is 16.7 Å². The Morgan fingerprint density at radius 3 is 2.55 bits per heavy atom. The van der Waals surface area contributed by atoms with Crippen LogP contribution in [0.25, 0.3) is 20.8 Å². The Labute approximate surface area is 202 Å². The summed E-state index contributed by atoms with van der Waals surface area (Å²) in [7, 11) is 0.